The van der Waals surface area contributed by atoms with Crippen LogP contribution in [0.5, 0.6) is 0 Å². The molecule has 0 aliphatic carbocycles. The molecule has 0 unspecified atom stereocenters. The quantitative estimate of drug-likeness (QED) is 0.494. The first kappa shape index (κ1) is 6.55. The molecule has 0 saturated carbocycles. The second kappa shape index (κ2) is 2.35. The van der Waals surface area contributed by atoms with Gasteiger partial charge in [-0.25, -0.2) is 0 Å². The van der Waals surface area contributed by atoms with Crippen LogP contribution in [0.3, 0.4) is 0 Å². The van der Waals surface area contributed by atoms with E-state index in [1.165, 1.54) is 0 Å². The molecular weight excluding hydrogens is 118 g/mol. The summed E-state index contributed by atoms with van der Waals surface area (Å²) in [5.41, 5.74) is 0. The highest BCUT2D eigenvalue weighted by molar-refractivity contribution is 5.85. The Balaban J connectivity index is 2.25. The van der Waals surface area contributed by atoms with E-state index >= 15 is 0 Å². The monoisotopic (exact) mass is 129 g/mol. The van der Waals surface area contributed by atoms with Crippen molar-refractivity contribution in [3.8, 4) is 0 Å². The molecule has 1 amide bonds. The second-order valence-electron chi connectivity index (χ2n) is 2.42. The minimum atomic E-state index is 0.105. The average Bonchev–Trinajstić information content (AvgIpc) is 1.88. The third-order valence-corrected chi connectivity index (χ3v) is 1.78. The number of aliphatic hydroxyl groups excluding tert-OH is 1. The number of aliphatic hydroxyl groups is 1. The lowest BCUT2D eigenvalue weighted by molar-refractivity contribution is -0.134. The molecule has 3 heteroatoms. The van der Waals surface area contributed by atoms with Crippen molar-refractivity contribution in [3.63, 3.8) is 0 Å². The fourth-order valence-electron chi connectivity index (χ4n) is 0.987. The molecule has 0 radical (unpaired) electrons. The fourth-order valence-corrected chi connectivity index (χ4v) is 0.987. The van der Waals surface area contributed by atoms with Crippen LogP contribution in [0.25, 0.3) is 0 Å². The molecule has 1 heterocycles. The molecule has 1 saturated heterocycles. The SMILES string of the molecule is C[C@H]1C(=O)N[C@H]1CCO. The molecule has 1 aliphatic rings. The fraction of sp³-hybridized carbons (Fsp3) is 0.833. The Labute approximate surface area is 54.1 Å². The smallest absolute Gasteiger partial charge is 0.225 e. The van der Waals surface area contributed by atoms with Crippen LogP contribution < -0.4 is 5.32 Å². The Morgan fingerprint density at radius 3 is 2.78 bits per heavy atom. The zero-order valence-corrected chi connectivity index (χ0v) is 5.42. The van der Waals surface area contributed by atoms with Gasteiger partial charge in [-0.05, 0) is 6.42 Å². The summed E-state index contributed by atoms with van der Waals surface area (Å²) in [6.45, 7) is 2.04. The van der Waals surface area contributed by atoms with E-state index in [1.54, 1.807) is 0 Å². The van der Waals surface area contributed by atoms with Crippen LogP contribution in [0.1, 0.15) is 13.3 Å². The van der Waals surface area contributed by atoms with E-state index in [0.29, 0.717) is 6.42 Å². The molecule has 3 nitrogen and oxygen atoms in total. The Hall–Kier alpha value is -0.570. The van der Waals surface area contributed by atoms with Crippen molar-refractivity contribution < 1.29 is 9.90 Å². The van der Waals surface area contributed by atoms with E-state index in [9.17, 15) is 4.79 Å². The number of hydrogen-bond donors (Lipinski definition) is 2. The van der Waals surface area contributed by atoms with Gasteiger partial charge in [-0.1, -0.05) is 6.92 Å². The largest absolute Gasteiger partial charge is 0.396 e. The Morgan fingerprint density at radius 1 is 1.78 bits per heavy atom. The molecule has 9 heavy (non-hydrogen) atoms. The maximum Gasteiger partial charge on any atom is 0.225 e. The van der Waals surface area contributed by atoms with Crippen molar-refractivity contribution in [2.75, 3.05) is 6.61 Å². The second-order valence-corrected chi connectivity index (χ2v) is 2.42. The van der Waals surface area contributed by atoms with Crippen LogP contribution in [-0.4, -0.2) is 23.7 Å². The molecule has 0 aromatic heterocycles. The van der Waals surface area contributed by atoms with Gasteiger partial charge < -0.3 is 10.4 Å². The topological polar surface area (TPSA) is 49.3 Å². The summed E-state index contributed by atoms with van der Waals surface area (Å²) < 4.78 is 0. The summed E-state index contributed by atoms with van der Waals surface area (Å²) in [5, 5.41) is 11.1. The van der Waals surface area contributed by atoms with Gasteiger partial charge in [0.2, 0.25) is 5.91 Å². The molecule has 2 atom stereocenters. The highest BCUT2D eigenvalue weighted by Crippen LogP contribution is 2.15. The van der Waals surface area contributed by atoms with E-state index < -0.39 is 0 Å². The lowest BCUT2D eigenvalue weighted by Crippen LogP contribution is -2.56. The van der Waals surface area contributed by atoms with Gasteiger partial charge in [0.25, 0.3) is 0 Å². The molecule has 0 spiro atoms. The number of rotatable bonds is 2. The standard InChI is InChI=1S/C6H11NO2/c1-4-5(2-3-8)7-6(4)9/h4-5,8H,2-3H2,1H3,(H,7,9)/t4-,5+/m1/s1. The number of carbonyl (C=O) groups is 1. The minimum Gasteiger partial charge on any atom is -0.396 e. The van der Waals surface area contributed by atoms with Gasteiger partial charge in [-0.15, -0.1) is 0 Å². The van der Waals surface area contributed by atoms with Gasteiger partial charge in [0.05, 0.1) is 5.92 Å². The molecule has 0 bridgehead atoms. The van der Waals surface area contributed by atoms with Crippen LogP contribution in [0, 0.1) is 5.92 Å². The van der Waals surface area contributed by atoms with Crippen LogP contribution in [0.2, 0.25) is 0 Å². The van der Waals surface area contributed by atoms with Crippen LogP contribution >= 0.6 is 0 Å². The Kier molecular flexibility index (Phi) is 1.71. The highest BCUT2D eigenvalue weighted by atomic mass is 16.3. The first-order chi connectivity index (χ1) is 4.25. The van der Waals surface area contributed by atoms with Crippen molar-refractivity contribution in [2.45, 2.75) is 19.4 Å². The summed E-state index contributed by atoms with van der Waals surface area (Å²) in [6.07, 6.45) is 0.687. The van der Waals surface area contributed by atoms with Crippen LogP contribution in [0.15, 0.2) is 0 Å². The van der Waals surface area contributed by atoms with Crippen LogP contribution in [-0.2, 0) is 4.79 Å². The van der Waals surface area contributed by atoms with Gasteiger partial charge in [0.15, 0.2) is 0 Å². The predicted octanol–water partition coefficient (Wildman–Crippen LogP) is -0.497. The minimum absolute atomic E-state index is 0.105. The summed E-state index contributed by atoms with van der Waals surface area (Å²) in [4.78, 5) is 10.5. The highest BCUT2D eigenvalue weighted by Gasteiger charge is 2.33. The Bertz CT molecular complexity index is 124. The molecule has 0 aromatic rings. The van der Waals surface area contributed by atoms with Crippen molar-refractivity contribution in [2.24, 2.45) is 5.92 Å². The summed E-state index contributed by atoms with van der Waals surface area (Å²) in [6, 6.07) is 0.225. The van der Waals surface area contributed by atoms with Gasteiger partial charge in [-0.2, -0.15) is 0 Å². The molecular formula is C6H11NO2. The van der Waals surface area contributed by atoms with Crippen LogP contribution in [0.4, 0.5) is 0 Å². The van der Waals surface area contributed by atoms with Crippen molar-refractivity contribution in [3.05, 3.63) is 0 Å². The molecule has 2 N–H and O–H groups in total. The summed E-state index contributed by atoms with van der Waals surface area (Å²) in [5.74, 6) is 0.214. The third kappa shape index (κ3) is 1.05. The van der Waals surface area contributed by atoms with Gasteiger partial charge in [-0.3, -0.25) is 4.79 Å². The predicted molar refractivity (Wildman–Crippen MR) is 32.8 cm³/mol. The van der Waals surface area contributed by atoms with E-state index in [2.05, 4.69) is 5.32 Å². The van der Waals surface area contributed by atoms with E-state index in [1.807, 2.05) is 6.92 Å². The first-order valence-electron chi connectivity index (χ1n) is 3.17. The third-order valence-electron chi connectivity index (χ3n) is 1.78. The molecule has 0 aromatic carbocycles. The maximum absolute atomic E-state index is 10.5. The summed E-state index contributed by atoms with van der Waals surface area (Å²) >= 11 is 0. The van der Waals surface area contributed by atoms with Gasteiger partial charge in [0, 0.05) is 12.6 Å². The van der Waals surface area contributed by atoms with E-state index in [4.69, 9.17) is 5.11 Å². The number of carbonyl (C=O) groups excluding carboxylic acids is 1. The number of β-lactam (4-membered cyclic amide) rings is 1. The summed E-state index contributed by atoms with van der Waals surface area (Å²) in [7, 11) is 0. The van der Waals surface area contributed by atoms with Crippen molar-refractivity contribution >= 4 is 5.91 Å². The maximum atomic E-state index is 10.5. The van der Waals surface area contributed by atoms with E-state index in [0.717, 1.165) is 0 Å². The number of nitrogens with one attached hydrogen (secondary N) is 1. The zero-order chi connectivity index (χ0) is 6.85. The lowest BCUT2D eigenvalue weighted by Gasteiger charge is -2.33. The normalized spacial score (nSPS) is 33.3. The first-order valence-corrected chi connectivity index (χ1v) is 3.17. The Morgan fingerprint density at radius 2 is 2.44 bits per heavy atom. The van der Waals surface area contributed by atoms with E-state index in [-0.39, 0.29) is 24.5 Å². The van der Waals surface area contributed by atoms with Crippen molar-refractivity contribution in [1.29, 1.82) is 0 Å². The number of hydrogen-bond acceptors (Lipinski definition) is 2. The molecule has 1 aliphatic heterocycles. The van der Waals surface area contributed by atoms with Gasteiger partial charge >= 0.3 is 0 Å². The molecule has 1 rings (SSSR count). The molecule has 1 fully saturated rings. The lowest BCUT2D eigenvalue weighted by atomic mass is 9.90. The van der Waals surface area contributed by atoms with Gasteiger partial charge in [0.1, 0.15) is 0 Å². The molecule has 52 valence electrons. The average molecular weight is 129 g/mol. The number of amides is 1. The zero-order valence-electron chi connectivity index (χ0n) is 5.42. The van der Waals surface area contributed by atoms with Crippen molar-refractivity contribution in [1.82, 2.24) is 5.32 Å².